The van der Waals surface area contributed by atoms with E-state index in [0.717, 1.165) is 0 Å². The third-order valence-electron chi connectivity index (χ3n) is 1.65. The first kappa shape index (κ1) is 14.2. The largest absolute Gasteiger partial charge is 0.471 e. The summed E-state index contributed by atoms with van der Waals surface area (Å²) >= 11 is 0. The summed E-state index contributed by atoms with van der Waals surface area (Å²) in [5.41, 5.74) is 0. The molecule has 15 heavy (non-hydrogen) atoms. The highest BCUT2D eigenvalue weighted by atomic mass is 19.4. The summed E-state index contributed by atoms with van der Waals surface area (Å²) in [5.74, 6) is -1.86. The van der Waals surface area contributed by atoms with Gasteiger partial charge in [0.25, 0.3) is 0 Å². The number of likely N-dealkylation sites (N-methyl/N-ethyl adjacent to an activating group) is 1. The number of ether oxygens (including phenoxy) is 1. The van der Waals surface area contributed by atoms with Crippen LogP contribution in [0.4, 0.5) is 13.2 Å². The van der Waals surface area contributed by atoms with Crippen LogP contribution in [0.3, 0.4) is 0 Å². The first-order chi connectivity index (χ1) is 6.93. The average Bonchev–Trinajstić information content (AvgIpc) is 2.16. The number of alkyl halides is 3. The van der Waals surface area contributed by atoms with E-state index in [1.165, 1.54) is 6.92 Å². The molecule has 0 heterocycles. The van der Waals surface area contributed by atoms with Gasteiger partial charge in [-0.25, -0.2) is 0 Å². The summed E-state index contributed by atoms with van der Waals surface area (Å²) in [7, 11) is 0. The van der Waals surface area contributed by atoms with Crippen LogP contribution in [0, 0.1) is 0 Å². The zero-order valence-electron chi connectivity index (χ0n) is 8.38. The Labute approximate surface area is 85.6 Å². The Morgan fingerprint density at radius 1 is 1.40 bits per heavy atom. The van der Waals surface area contributed by atoms with Gasteiger partial charge in [-0.1, -0.05) is 0 Å². The number of amides is 1. The van der Waals surface area contributed by atoms with Crippen LogP contribution in [0.15, 0.2) is 0 Å². The number of halogens is 3. The summed E-state index contributed by atoms with van der Waals surface area (Å²) in [6.45, 7) is 1.14. The zero-order chi connectivity index (χ0) is 11.9. The summed E-state index contributed by atoms with van der Waals surface area (Å²) in [6, 6.07) is 0. The maximum absolute atomic E-state index is 12.0. The third kappa shape index (κ3) is 5.58. The van der Waals surface area contributed by atoms with Gasteiger partial charge in [-0.15, -0.1) is 0 Å². The predicted molar refractivity (Wildman–Crippen MR) is 46.2 cm³/mol. The molecule has 1 amide bonds. The lowest BCUT2D eigenvalue weighted by atomic mass is 10.4. The maximum atomic E-state index is 12.0. The Morgan fingerprint density at radius 2 is 2.00 bits per heavy atom. The van der Waals surface area contributed by atoms with E-state index < -0.39 is 12.1 Å². The molecule has 0 aromatic rings. The fourth-order valence-electron chi connectivity index (χ4n) is 0.924. The molecular weight excluding hydrogens is 215 g/mol. The monoisotopic (exact) mass is 229 g/mol. The number of carbonyl (C=O) groups excluding carboxylic acids is 1. The second-order valence-corrected chi connectivity index (χ2v) is 2.72. The minimum Gasteiger partial charge on any atom is -0.394 e. The van der Waals surface area contributed by atoms with Crippen molar-refractivity contribution in [3.8, 4) is 0 Å². The SMILES string of the molecule is CCN(CCOCCO)C(=O)C(F)(F)F. The van der Waals surface area contributed by atoms with Crippen molar-refractivity contribution >= 4 is 5.91 Å². The fourth-order valence-corrected chi connectivity index (χ4v) is 0.924. The molecule has 0 aliphatic carbocycles. The van der Waals surface area contributed by atoms with Gasteiger partial charge in [0.05, 0.1) is 19.8 Å². The van der Waals surface area contributed by atoms with Crippen LogP contribution in [-0.4, -0.2) is 55.0 Å². The van der Waals surface area contributed by atoms with Crippen molar-refractivity contribution in [1.82, 2.24) is 4.90 Å². The molecule has 0 rings (SSSR count). The Bertz CT molecular complexity index is 196. The lowest BCUT2D eigenvalue weighted by molar-refractivity contribution is -0.185. The van der Waals surface area contributed by atoms with E-state index >= 15 is 0 Å². The van der Waals surface area contributed by atoms with Gasteiger partial charge in [0.2, 0.25) is 0 Å². The van der Waals surface area contributed by atoms with Crippen molar-refractivity contribution in [2.24, 2.45) is 0 Å². The highest BCUT2D eigenvalue weighted by Gasteiger charge is 2.41. The molecule has 0 aromatic heterocycles. The van der Waals surface area contributed by atoms with Gasteiger partial charge in [-0.3, -0.25) is 4.79 Å². The first-order valence-corrected chi connectivity index (χ1v) is 4.48. The summed E-state index contributed by atoms with van der Waals surface area (Å²) < 4.78 is 40.7. The molecule has 0 spiro atoms. The molecule has 7 heteroatoms. The lowest BCUT2D eigenvalue weighted by Gasteiger charge is -2.21. The standard InChI is InChI=1S/C8H14F3NO3/c1-2-12(3-5-15-6-4-13)7(14)8(9,10)11/h13H,2-6H2,1H3. The highest BCUT2D eigenvalue weighted by molar-refractivity contribution is 5.81. The third-order valence-corrected chi connectivity index (χ3v) is 1.65. The topological polar surface area (TPSA) is 49.8 Å². The summed E-state index contributed by atoms with van der Waals surface area (Å²) in [6.07, 6.45) is -4.84. The number of carbonyl (C=O) groups is 1. The Hall–Kier alpha value is -0.820. The molecule has 0 atom stereocenters. The normalized spacial score (nSPS) is 11.5. The molecular formula is C8H14F3NO3. The van der Waals surface area contributed by atoms with E-state index in [9.17, 15) is 18.0 Å². The van der Waals surface area contributed by atoms with Gasteiger partial charge in [-0.05, 0) is 6.92 Å². The molecule has 0 radical (unpaired) electrons. The maximum Gasteiger partial charge on any atom is 0.471 e. The molecule has 0 fully saturated rings. The quantitative estimate of drug-likeness (QED) is 0.671. The second kappa shape index (κ2) is 6.62. The molecule has 0 bridgehead atoms. The van der Waals surface area contributed by atoms with Crippen LogP contribution in [-0.2, 0) is 9.53 Å². The Balaban J connectivity index is 3.97. The number of hydrogen-bond donors (Lipinski definition) is 1. The van der Waals surface area contributed by atoms with Crippen LogP contribution in [0.5, 0.6) is 0 Å². The molecule has 0 unspecified atom stereocenters. The van der Waals surface area contributed by atoms with E-state index in [-0.39, 0.29) is 32.9 Å². The van der Waals surface area contributed by atoms with Crippen LogP contribution in [0.1, 0.15) is 6.92 Å². The number of rotatable bonds is 6. The summed E-state index contributed by atoms with van der Waals surface area (Å²) in [4.78, 5) is 11.4. The van der Waals surface area contributed by atoms with Crippen molar-refractivity contribution in [1.29, 1.82) is 0 Å². The van der Waals surface area contributed by atoms with E-state index in [1.807, 2.05) is 0 Å². The second-order valence-electron chi connectivity index (χ2n) is 2.72. The van der Waals surface area contributed by atoms with Gasteiger partial charge in [-0.2, -0.15) is 13.2 Å². The van der Waals surface area contributed by atoms with Crippen LogP contribution in [0.25, 0.3) is 0 Å². The minimum absolute atomic E-state index is 0.0176. The molecule has 0 aromatic carbocycles. The van der Waals surface area contributed by atoms with Crippen molar-refractivity contribution in [3.63, 3.8) is 0 Å². The van der Waals surface area contributed by atoms with E-state index in [1.54, 1.807) is 0 Å². The molecule has 0 saturated heterocycles. The fraction of sp³-hybridized carbons (Fsp3) is 0.875. The van der Waals surface area contributed by atoms with E-state index in [0.29, 0.717) is 4.90 Å². The van der Waals surface area contributed by atoms with E-state index in [4.69, 9.17) is 9.84 Å². The predicted octanol–water partition coefficient (Wildman–Crippen LogP) is 0.406. The molecule has 4 nitrogen and oxygen atoms in total. The number of hydrogen-bond acceptors (Lipinski definition) is 3. The molecule has 0 aliphatic rings. The number of aliphatic hydroxyl groups is 1. The van der Waals surface area contributed by atoms with Gasteiger partial charge >= 0.3 is 12.1 Å². The summed E-state index contributed by atoms with van der Waals surface area (Å²) in [5, 5.41) is 8.34. The number of nitrogens with zero attached hydrogens (tertiary/aromatic N) is 1. The first-order valence-electron chi connectivity index (χ1n) is 4.48. The molecule has 0 saturated carbocycles. The highest BCUT2D eigenvalue weighted by Crippen LogP contribution is 2.17. The van der Waals surface area contributed by atoms with Crippen molar-refractivity contribution in [2.75, 3.05) is 32.9 Å². The number of aliphatic hydroxyl groups excluding tert-OH is 1. The van der Waals surface area contributed by atoms with Crippen LogP contribution >= 0.6 is 0 Å². The molecule has 90 valence electrons. The zero-order valence-corrected chi connectivity index (χ0v) is 8.38. The molecule has 1 N–H and O–H groups in total. The van der Waals surface area contributed by atoms with Gasteiger partial charge in [0.15, 0.2) is 0 Å². The average molecular weight is 229 g/mol. The van der Waals surface area contributed by atoms with Crippen LogP contribution in [0.2, 0.25) is 0 Å². The molecule has 0 aliphatic heterocycles. The lowest BCUT2D eigenvalue weighted by Crippen LogP contribution is -2.42. The minimum atomic E-state index is -4.84. The Kier molecular flexibility index (Phi) is 6.26. The van der Waals surface area contributed by atoms with Crippen molar-refractivity contribution in [2.45, 2.75) is 13.1 Å². The van der Waals surface area contributed by atoms with Gasteiger partial charge < -0.3 is 14.7 Å². The van der Waals surface area contributed by atoms with Gasteiger partial charge in [0, 0.05) is 13.1 Å². The smallest absolute Gasteiger partial charge is 0.394 e. The van der Waals surface area contributed by atoms with Gasteiger partial charge in [0.1, 0.15) is 0 Å². The van der Waals surface area contributed by atoms with Crippen molar-refractivity contribution in [3.05, 3.63) is 0 Å². The Morgan fingerprint density at radius 3 is 2.40 bits per heavy atom. The van der Waals surface area contributed by atoms with E-state index in [2.05, 4.69) is 0 Å². The van der Waals surface area contributed by atoms with Crippen molar-refractivity contribution < 1.29 is 27.8 Å². The van der Waals surface area contributed by atoms with Crippen LogP contribution < -0.4 is 0 Å².